The summed E-state index contributed by atoms with van der Waals surface area (Å²) in [5.74, 6) is -0.523. The van der Waals surface area contributed by atoms with Crippen LogP contribution in [-0.2, 0) is 6.42 Å². The summed E-state index contributed by atoms with van der Waals surface area (Å²) in [5, 5.41) is 19.9. The lowest BCUT2D eigenvalue weighted by atomic mass is 10.0. The lowest BCUT2D eigenvalue weighted by molar-refractivity contribution is 0.0931. The van der Waals surface area contributed by atoms with Gasteiger partial charge in [-0.3, -0.25) is 9.89 Å². The predicted molar refractivity (Wildman–Crippen MR) is 123 cm³/mol. The van der Waals surface area contributed by atoms with Crippen molar-refractivity contribution in [2.75, 3.05) is 6.61 Å². The van der Waals surface area contributed by atoms with E-state index in [9.17, 15) is 14.3 Å². The number of nitrogens with one attached hydrogen (secondary N) is 2. The first-order valence-corrected chi connectivity index (χ1v) is 10.5. The number of nitrogens with zero attached hydrogens (tertiary/aromatic N) is 1. The molecular formula is C26H24FN3O2. The maximum absolute atomic E-state index is 13.2. The van der Waals surface area contributed by atoms with Gasteiger partial charge in [0.25, 0.3) is 5.91 Å². The molecule has 1 atom stereocenters. The summed E-state index contributed by atoms with van der Waals surface area (Å²) in [6.45, 7) is -0.0141. The van der Waals surface area contributed by atoms with Gasteiger partial charge in [-0.05, 0) is 60.4 Å². The molecule has 0 radical (unpaired) electrons. The molecule has 6 heteroatoms. The van der Waals surface area contributed by atoms with Gasteiger partial charge in [0.2, 0.25) is 0 Å². The third-order valence-electron chi connectivity index (χ3n) is 5.32. The molecule has 0 fully saturated rings. The second-order valence-electron chi connectivity index (χ2n) is 7.59. The lowest BCUT2D eigenvalue weighted by Gasteiger charge is -2.19. The number of aliphatic hydroxyl groups excluding tert-OH is 1. The molecule has 32 heavy (non-hydrogen) atoms. The van der Waals surface area contributed by atoms with E-state index in [4.69, 9.17) is 0 Å². The molecule has 5 nitrogen and oxygen atoms in total. The highest BCUT2D eigenvalue weighted by Crippen LogP contribution is 2.27. The van der Waals surface area contributed by atoms with Crippen molar-refractivity contribution in [1.29, 1.82) is 0 Å². The zero-order chi connectivity index (χ0) is 22.3. The highest BCUT2D eigenvalue weighted by molar-refractivity contribution is 6.00. The molecule has 4 rings (SSSR count). The van der Waals surface area contributed by atoms with Gasteiger partial charge in [-0.2, -0.15) is 5.10 Å². The van der Waals surface area contributed by atoms with Crippen LogP contribution in [0.4, 0.5) is 4.39 Å². The van der Waals surface area contributed by atoms with Crippen molar-refractivity contribution in [2.24, 2.45) is 0 Å². The van der Waals surface area contributed by atoms with Crippen LogP contribution in [0.25, 0.3) is 22.5 Å². The van der Waals surface area contributed by atoms with Crippen LogP contribution < -0.4 is 5.32 Å². The van der Waals surface area contributed by atoms with Gasteiger partial charge >= 0.3 is 0 Å². The van der Waals surface area contributed by atoms with Gasteiger partial charge in [0.1, 0.15) is 5.82 Å². The first-order chi connectivity index (χ1) is 15.6. The van der Waals surface area contributed by atoms with Crippen molar-refractivity contribution in [1.82, 2.24) is 15.5 Å². The number of hydrogen-bond acceptors (Lipinski definition) is 3. The van der Waals surface area contributed by atoms with E-state index in [0.717, 1.165) is 16.8 Å². The molecule has 0 aliphatic heterocycles. The lowest BCUT2D eigenvalue weighted by Crippen LogP contribution is -2.37. The summed E-state index contributed by atoms with van der Waals surface area (Å²) in [6.07, 6.45) is 1.09. The first-order valence-electron chi connectivity index (χ1n) is 10.5. The SMILES string of the molecule is O=C(NC(CCO)Cc1ccccc1)c1ccccc1-c1cc(-c2ccc(F)cc2)[nH]n1. The van der Waals surface area contributed by atoms with Gasteiger partial charge in [0, 0.05) is 23.8 Å². The Balaban J connectivity index is 1.56. The molecule has 0 aliphatic carbocycles. The Hall–Kier alpha value is -3.77. The monoisotopic (exact) mass is 429 g/mol. The normalized spacial score (nSPS) is 11.8. The fourth-order valence-electron chi connectivity index (χ4n) is 3.68. The zero-order valence-corrected chi connectivity index (χ0v) is 17.5. The molecule has 3 N–H and O–H groups in total. The average Bonchev–Trinajstić information content (AvgIpc) is 3.30. The number of rotatable bonds is 8. The Bertz CT molecular complexity index is 1170. The Morgan fingerprint density at radius 2 is 1.72 bits per heavy atom. The Kier molecular flexibility index (Phi) is 6.72. The molecule has 1 unspecified atom stereocenters. The molecule has 0 bridgehead atoms. The highest BCUT2D eigenvalue weighted by Gasteiger charge is 2.19. The molecule has 0 aliphatic rings. The molecule has 4 aromatic rings. The maximum atomic E-state index is 13.2. The Labute approximate surface area is 185 Å². The zero-order valence-electron chi connectivity index (χ0n) is 17.5. The number of carbonyl (C=O) groups is 1. The molecular weight excluding hydrogens is 405 g/mol. The summed E-state index contributed by atoms with van der Waals surface area (Å²) in [4.78, 5) is 13.2. The van der Waals surface area contributed by atoms with Gasteiger partial charge in [0.15, 0.2) is 0 Å². The summed E-state index contributed by atoms with van der Waals surface area (Å²) >= 11 is 0. The first kappa shape index (κ1) is 21.5. The highest BCUT2D eigenvalue weighted by atomic mass is 19.1. The van der Waals surface area contributed by atoms with Crippen LogP contribution >= 0.6 is 0 Å². The van der Waals surface area contributed by atoms with Gasteiger partial charge < -0.3 is 10.4 Å². The summed E-state index contributed by atoms with van der Waals surface area (Å²) in [7, 11) is 0. The van der Waals surface area contributed by atoms with E-state index in [0.29, 0.717) is 29.7 Å². The van der Waals surface area contributed by atoms with Crippen molar-refractivity contribution < 1.29 is 14.3 Å². The fourth-order valence-corrected chi connectivity index (χ4v) is 3.68. The van der Waals surface area contributed by atoms with E-state index in [1.54, 1.807) is 18.2 Å². The van der Waals surface area contributed by atoms with E-state index in [-0.39, 0.29) is 24.4 Å². The van der Waals surface area contributed by atoms with E-state index in [1.165, 1.54) is 12.1 Å². The summed E-state index contributed by atoms with van der Waals surface area (Å²) in [6, 6.07) is 24.9. The minimum absolute atomic E-state index is 0.0141. The third-order valence-corrected chi connectivity index (χ3v) is 5.32. The number of halogens is 1. The van der Waals surface area contributed by atoms with E-state index < -0.39 is 0 Å². The molecule has 1 aromatic heterocycles. The van der Waals surface area contributed by atoms with Crippen LogP contribution in [0.3, 0.4) is 0 Å². The third kappa shape index (κ3) is 5.10. The number of carbonyl (C=O) groups excluding carboxylic acids is 1. The van der Waals surface area contributed by atoms with Crippen LogP contribution in [0.5, 0.6) is 0 Å². The predicted octanol–water partition coefficient (Wildman–Crippen LogP) is 4.61. The van der Waals surface area contributed by atoms with Crippen LogP contribution in [0.15, 0.2) is 84.9 Å². The van der Waals surface area contributed by atoms with Crippen LogP contribution in [0.2, 0.25) is 0 Å². The van der Waals surface area contributed by atoms with Gasteiger partial charge in [-0.15, -0.1) is 0 Å². The molecule has 0 saturated carbocycles. The molecule has 162 valence electrons. The Morgan fingerprint density at radius 1 is 1.00 bits per heavy atom. The molecule has 1 amide bonds. The standard InChI is InChI=1S/C26H24FN3O2/c27-20-12-10-19(11-13-20)24-17-25(30-29-24)22-8-4-5-9-23(22)26(32)28-21(14-15-31)16-18-6-2-1-3-7-18/h1-13,17,21,31H,14-16H2,(H,28,32)(H,29,30). The van der Waals surface area contributed by atoms with Crippen molar-refractivity contribution in [3.05, 3.63) is 102 Å². The summed E-state index contributed by atoms with van der Waals surface area (Å²) in [5.41, 5.74) is 4.45. The van der Waals surface area contributed by atoms with Gasteiger partial charge in [-0.25, -0.2) is 4.39 Å². The van der Waals surface area contributed by atoms with E-state index >= 15 is 0 Å². The van der Waals surface area contributed by atoms with Crippen molar-refractivity contribution >= 4 is 5.91 Å². The number of aromatic nitrogens is 2. The maximum Gasteiger partial charge on any atom is 0.252 e. The minimum Gasteiger partial charge on any atom is -0.396 e. The van der Waals surface area contributed by atoms with Crippen LogP contribution in [-0.4, -0.2) is 33.9 Å². The number of aliphatic hydroxyl groups is 1. The van der Waals surface area contributed by atoms with E-state index in [2.05, 4.69) is 15.5 Å². The molecule has 0 spiro atoms. The molecule has 0 saturated heterocycles. The number of H-pyrrole nitrogens is 1. The smallest absolute Gasteiger partial charge is 0.252 e. The quantitative estimate of drug-likeness (QED) is 0.383. The number of benzene rings is 3. The number of aromatic amines is 1. The van der Waals surface area contributed by atoms with Crippen molar-refractivity contribution in [3.8, 4) is 22.5 Å². The topological polar surface area (TPSA) is 78.0 Å². The molecule has 1 heterocycles. The van der Waals surface area contributed by atoms with E-state index in [1.807, 2.05) is 54.6 Å². The molecule has 3 aromatic carbocycles. The average molecular weight is 429 g/mol. The number of hydrogen-bond donors (Lipinski definition) is 3. The van der Waals surface area contributed by atoms with Gasteiger partial charge in [0.05, 0.1) is 11.4 Å². The second kappa shape index (κ2) is 10.0. The second-order valence-corrected chi connectivity index (χ2v) is 7.59. The summed E-state index contributed by atoms with van der Waals surface area (Å²) < 4.78 is 13.2. The van der Waals surface area contributed by atoms with Crippen molar-refractivity contribution in [2.45, 2.75) is 18.9 Å². The minimum atomic E-state index is -0.302. The Morgan fingerprint density at radius 3 is 2.47 bits per heavy atom. The van der Waals surface area contributed by atoms with Gasteiger partial charge in [-0.1, -0.05) is 48.5 Å². The van der Waals surface area contributed by atoms with Crippen LogP contribution in [0.1, 0.15) is 22.3 Å². The van der Waals surface area contributed by atoms with Crippen LogP contribution in [0, 0.1) is 5.82 Å². The number of amides is 1. The largest absolute Gasteiger partial charge is 0.396 e. The van der Waals surface area contributed by atoms with Crippen molar-refractivity contribution in [3.63, 3.8) is 0 Å². The fraction of sp³-hybridized carbons (Fsp3) is 0.154.